The van der Waals surface area contributed by atoms with Crippen molar-refractivity contribution in [2.75, 3.05) is 11.9 Å². The summed E-state index contributed by atoms with van der Waals surface area (Å²) >= 11 is 0. The SMILES string of the molecule is C=C1C2(C(=O)Nc3ccc(C(=O)OCC(C)C)cc3)CCC(C2)C1(C)C. The lowest BCUT2D eigenvalue weighted by atomic mass is 9.68. The quantitative estimate of drug-likeness (QED) is 0.608. The Morgan fingerprint density at radius 3 is 2.46 bits per heavy atom. The van der Waals surface area contributed by atoms with Crippen molar-refractivity contribution in [3.63, 3.8) is 0 Å². The third kappa shape index (κ3) is 3.06. The lowest BCUT2D eigenvalue weighted by molar-refractivity contribution is -0.123. The van der Waals surface area contributed by atoms with Crippen LogP contribution in [0.25, 0.3) is 0 Å². The van der Waals surface area contributed by atoms with Crippen molar-refractivity contribution in [1.82, 2.24) is 0 Å². The normalized spacial score (nSPS) is 26.2. The van der Waals surface area contributed by atoms with Crippen molar-refractivity contribution in [2.24, 2.45) is 22.7 Å². The molecular formula is C22H29NO3. The zero-order chi connectivity index (χ0) is 19.1. The second-order valence-electron chi connectivity index (χ2n) is 8.75. The van der Waals surface area contributed by atoms with Crippen molar-refractivity contribution in [3.05, 3.63) is 42.0 Å². The Labute approximate surface area is 156 Å². The molecule has 4 heteroatoms. The van der Waals surface area contributed by atoms with Crippen LogP contribution in [0.1, 0.15) is 57.3 Å². The molecule has 2 bridgehead atoms. The van der Waals surface area contributed by atoms with E-state index in [1.807, 2.05) is 13.8 Å². The number of rotatable bonds is 5. The van der Waals surface area contributed by atoms with Gasteiger partial charge in [-0.05, 0) is 60.8 Å². The molecule has 0 spiro atoms. The van der Waals surface area contributed by atoms with Gasteiger partial charge < -0.3 is 10.1 Å². The summed E-state index contributed by atoms with van der Waals surface area (Å²) in [5.74, 6) is 0.542. The lowest BCUT2D eigenvalue weighted by Crippen LogP contribution is -2.37. The van der Waals surface area contributed by atoms with Crippen LogP contribution in [-0.4, -0.2) is 18.5 Å². The Morgan fingerprint density at radius 2 is 1.92 bits per heavy atom. The third-order valence-corrected chi connectivity index (χ3v) is 6.25. The highest BCUT2D eigenvalue weighted by molar-refractivity contribution is 5.99. The van der Waals surface area contributed by atoms with Gasteiger partial charge in [-0.25, -0.2) is 4.79 Å². The highest BCUT2D eigenvalue weighted by Gasteiger charge is 2.60. The predicted octanol–water partition coefficient (Wildman–Crippen LogP) is 4.82. The van der Waals surface area contributed by atoms with Crippen LogP contribution in [0.2, 0.25) is 0 Å². The number of amides is 1. The van der Waals surface area contributed by atoms with Gasteiger partial charge in [0, 0.05) is 5.69 Å². The summed E-state index contributed by atoms with van der Waals surface area (Å²) in [7, 11) is 0. The Kier molecular flexibility index (Phi) is 4.72. The highest BCUT2D eigenvalue weighted by Crippen LogP contribution is 2.65. The fourth-order valence-corrected chi connectivity index (χ4v) is 4.41. The van der Waals surface area contributed by atoms with Gasteiger partial charge in [-0.2, -0.15) is 0 Å². The first-order chi connectivity index (χ1) is 12.2. The molecule has 1 aromatic rings. The largest absolute Gasteiger partial charge is 0.462 e. The van der Waals surface area contributed by atoms with Gasteiger partial charge >= 0.3 is 5.97 Å². The van der Waals surface area contributed by atoms with Crippen molar-refractivity contribution >= 4 is 17.6 Å². The van der Waals surface area contributed by atoms with Crippen molar-refractivity contribution < 1.29 is 14.3 Å². The Bertz CT molecular complexity index is 732. The van der Waals surface area contributed by atoms with Crippen LogP contribution in [0.4, 0.5) is 5.69 Å². The highest BCUT2D eigenvalue weighted by atomic mass is 16.5. The molecule has 2 fully saturated rings. The zero-order valence-electron chi connectivity index (χ0n) is 16.2. The first kappa shape index (κ1) is 18.7. The zero-order valence-corrected chi connectivity index (χ0v) is 16.2. The number of benzene rings is 1. The average Bonchev–Trinajstić information content (AvgIpc) is 3.13. The molecule has 2 aliphatic rings. The number of carbonyl (C=O) groups excluding carboxylic acids is 2. The molecule has 0 heterocycles. The van der Waals surface area contributed by atoms with Crippen LogP contribution in [0.3, 0.4) is 0 Å². The van der Waals surface area contributed by atoms with Crippen LogP contribution in [-0.2, 0) is 9.53 Å². The average molecular weight is 355 g/mol. The van der Waals surface area contributed by atoms with E-state index in [1.165, 1.54) is 0 Å². The Morgan fingerprint density at radius 1 is 1.27 bits per heavy atom. The molecule has 2 aliphatic carbocycles. The van der Waals surface area contributed by atoms with Gasteiger partial charge in [0.05, 0.1) is 17.6 Å². The van der Waals surface area contributed by atoms with Gasteiger partial charge in [0.25, 0.3) is 0 Å². The minimum absolute atomic E-state index is 0.0274. The van der Waals surface area contributed by atoms with Crippen molar-refractivity contribution in [3.8, 4) is 0 Å². The van der Waals surface area contributed by atoms with E-state index < -0.39 is 5.41 Å². The first-order valence-electron chi connectivity index (χ1n) is 9.45. The van der Waals surface area contributed by atoms with Crippen LogP contribution in [0.15, 0.2) is 36.4 Å². The number of ether oxygens (including phenoxy) is 1. The summed E-state index contributed by atoms with van der Waals surface area (Å²) in [5.41, 5.74) is 1.84. The molecule has 2 unspecified atom stereocenters. The van der Waals surface area contributed by atoms with E-state index >= 15 is 0 Å². The summed E-state index contributed by atoms with van der Waals surface area (Å²) in [6.07, 6.45) is 2.86. The van der Waals surface area contributed by atoms with Gasteiger partial charge in [-0.15, -0.1) is 0 Å². The molecule has 0 aromatic heterocycles. The summed E-state index contributed by atoms with van der Waals surface area (Å²) in [5, 5.41) is 3.03. The maximum absolute atomic E-state index is 13.0. The topological polar surface area (TPSA) is 55.4 Å². The Hall–Kier alpha value is -2.10. The minimum atomic E-state index is -0.441. The molecule has 140 valence electrons. The number of anilines is 1. The van der Waals surface area contributed by atoms with Gasteiger partial charge in [0.2, 0.25) is 5.91 Å². The van der Waals surface area contributed by atoms with Gasteiger partial charge in [0.1, 0.15) is 0 Å². The van der Waals surface area contributed by atoms with E-state index in [0.717, 1.165) is 24.8 Å². The molecule has 4 nitrogen and oxygen atoms in total. The van der Waals surface area contributed by atoms with E-state index in [0.29, 0.717) is 29.7 Å². The summed E-state index contributed by atoms with van der Waals surface area (Å²) < 4.78 is 5.23. The number of nitrogens with one attached hydrogen (secondary N) is 1. The van der Waals surface area contributed by atoms with Crippen LogP contribution < -0.4 is 5.32 Å². The number of fused-ring (bicyclic) bond motifs is 2. The van der Waals surface area contributed by atoms with E-state index in [4.69, 9.17) is 4.74 Å². The van der Waals surface area contributed by atoms with Crippen molar-refractivity contribution in [2.45, 2.75) is 47.0 Å². The van der Waals surface area contributed by atoms with Crippen molar-refractivity contribution in [1.29, 1.82) is 0 Å². The van der Waals surface area contributed by atoms with Gasteiger partial charge in [0.15, 0.2) is 0 Å². The number of hydrogen-bond acceptors (Lipinski definition) is 3. The van der Waals surface area contributed by atoms with Crippen LogP contribution in [0.5, 0.6) is 0 Å². The number of carbonyl (C=O) groups is 2. The third-order valence-electron chi connectivity index (χ3n) is 6.25. The molecule has 0 saturated heterocycles. The minimum Gasteiger partial charge on any atom is -0.462 e. The molecule has 2 saturated carbocycles. The Balaban J connectivity index is 1.67. The summed E-state index contributed by atoms with van der Waals surface area (Å²) in [6, 6.07) is 6.91. The van der Waals surface area contributed by atoms with Crippen LogP contribution in [0, 0.1) is 22.7 Å². The molecule has 1 N–H and O–H groups in total. The van der Waals surface area contributed by atoms with Gasteiger partial charge in [-0.1, -0.05) is 39.8 Å². The summed E-state index contributed by atoms with van der Waals surface area (Å²) in [4.78, 5) is 25.0. The fourth-order valence-electron chi connectivity index (χ4n) is 4.41. The van der Waals surface area contributed by atoms with E-state index in [1.54, 1.807) is 24.3 Å². The molecule has 2 atom stereocenters. The molecular weight excluding hydrogens is 326 g/mol. The molecule has 0 radical (unpaired) electrons. The van der Waals surface area contributed by atoms with Gasteiger partial charge in [-0.3, -0.25) is 4.79 Å². The summed E-state index contributed by atoms with van der Waals surface area (Å²) in [6.45, 7) is 13.1. The van der Waals surface area contributed by atoms with E-state index in [-0.39, 0.29) is 17.3 Å². The predicted molar refractivity (Wildman–Crippen MR) is 103 cm³/mol. The van der Waals surface area contributed by atoms with E-state index in [9.17, 15) is 9.59 Å². The monoisotopic (exact) mass is 355 g/mol. The van der Waals surface area contributed by atoms with Crippen LogP contribution >= 0.6 is 0 Å². The molecule has 3 rings (SSSR count). The number of hydrogen-bond donors (Lipinski definition) is 1. The maximum Gasteiger partial charge on any atom is 0.338 e. The molecule has 26 heavy (non-hydrogen) atoms. The molecule has 1 aromatic carbocycles. The smallest absolute Gasteiger partial charge is 0.338 e. The molecule has 0 aliphatic heterocycles. The number of esters is 1. The van der Waals surface area contributed by atoms with E-state index in [2.05, 4.69) is 25.7 Å². The fraction of sp³-hybridized carbons (Fsp3) is 0.545. The standard InChI is InChI=1S/C22H29NO3/c1-14(2)13-26-19(24)16-6-8-18(9-7-16)23-20(25)22-11-10-17(12-22)21(4,5)15(22)3/h6-9,14,17H,3,10-13H2,1-2,4-5H3,(H,23,25). The second-order valence-corrected chi connectivity index (χ2v) is 8.75. The first-order valence-corrected chi connectivity index (χ1v) is 9.45. The maximum atomic E-state index is 13.0. The lowest BCUT2D eigenvalue weighted by Gasteiger charge is -2.37. The molecule has 1 amide bonds. The second kappa shape index (κ2) is 6.57.